The molecule has 0 bridgehead atoms. The molecule has 1 aromatic heterocycles. The number of hydrogen-bond donors (Lipinski definition) is 2. The molecular formula is C21H18BrN3O4S. The number of carbonyl (C=O) groups excluding carboxylic acids is 1. The minimum Gasteiger partial charge on any atom is -0.495 e. The van der Waals surface area contributed by atoms with Crippen LogP contribution < -0.4 is 14.8 Å². The molecule has 3 aromatic rings. The third-order valence-corrected chi connectivity index (χ3v) is 5.88. The smallest absolute Gasteiger partial charge is 0.265 e. The zero-order valence-electron chi connectivity index (χ0n) is 15.9. The summed E-state index contributed by atoms with van der Waals surface area (Å²) < 4.78 is 34.3. The van der Waals surface area contributed by atoms with Crippen molar-refractivity contribution in [2.24, 2.45) is 0 Å². The molecule has 0 aliphatic heterocycles. The monoisotopic (exact) mass is 487 g/mol. The van der Waals surface area contributed by atoms with E-state index in [1.165, 1.54) is 25.3 Å². The van der Waals surface area contributed by atoms with Gasteiger partial charge in [0.15, 0.2) is 0 Å². The highest BCUT2D eigenvalue weighted by molar-refractivity contribution is 9.10. The second kappa shape index (κ2) is 9.55. The van der Waals surface area contributed by atoms with E-state index in [9.17, 15) is 13.2 Å². The van der Waals surface area contributed by atoms with Crippen molar-refractivity contribution in [2.45, 2.75) is 4.90 Å². The fourth-order valence-electron chi connectivity index (χ4n) is 2.52. The van der Waals surface area contributed by atoms with Crippen LogP contribution in [0.25, 0.3) is 6.08 Å². The molecule has 7 nitrogen and oxygen atoms in total. The molecule has 0 fully saturated rings. The predicted octanol–water partition coefficient (Wildman–Crippen LogP) is 4.31. The topological polar surface area (TPSA) is 97.4 Å². The molecule has 1 heterocycles. The molecule has 2 aromatic carbocycles. The summed E-state index contributed by atoms with van der Waals surface area (Å²) in [4.78, 5) is 16.0. The van der Waals surface area contributed by atoms with Gasteiger partial charge in [-0.25, -0.2) is 8.42 Å². The van der Waals surface area contributed by atoms with Gasteiger partial charge in [-0.15, -0.1) is 0 Å². The van der Waals surface area contributed by atoms with Crippen LogP contribution in [0.2, 0.25) is 0 Å². The maximum atomic E-state index is 12.9. The van der Waals surface area contributed by atoms with Crippen LogP contribution >= 0.6 is 15.9 Å². The minimum atomic E-state index is -3.95. The Morgan fingerprint density at radius 3 is 2.37 bits per heavy atom. The number of amides is 1. The summed E-state index contributed by atoms with van der Waals surface area (Å²) in [6.07, 6.45) is 6.23. The lowest BCUT2D eigenvalue weighted by molar-refractivity contribution is -0.111. The Morgan fingerprint density at radius 2 is 1.70 bits per heavy atom. The van der Waals surface area contributed by atoms with Crippen molar-refractivity contribution < 1.29 is 17.9 Å². The average Bonchev–Trinajstić information content (AvgIpc) is 2.74. The summed E-state index contributed by atoms with van der Waals surface area (Å²) in [6.45, 7) is 0. The third-order valence-electron chi connectivity index (χ3n) is 3.95. The Morgan fingerprint density at radius 1 is 1.03 bits per heavy atom. The maximum Gasteiger partial charge on any atom is 0.265 e. The van der Waals surface area contributed by atoms with Crippen LogP contribution in [0, 0.1) is 0 Å². The minimum absolute atomic E-state index is 0.0937. The van der Waals surface area contributed by atoms with Crippen LogP contribution in [-0.2, 0) is 14.8 Å². The fraction of sp³-hybridized carbons (Fsp3) is 0.0476. The average molecular weight is 488 g/mol. The van der Waals surface area contributed by atoms with Crippen molar-refractivity contribution in [1.29, 1.82) is 0 Å². The van der Waals surface area contributed by atoms with E-state index in [0.717, 1.165) is 10.0 Å². The van der Waals surface area contributed by atoms with Crippen molar-refractivity contribution in [3.63, 3.8) is 0 Å². The van der Waals surface area contributed by atoms with E-state index in [1.807, 2.05) is 0 Å². The lowest BCUT2D eigenvalue weighted by Crippen LogP contribution is -2.15. The van der Waals surface area contributed by atoms with Crippen molar-refractivity contribution in [3.05, 3.63) is 83.1 Å². The number of carbonyl (C=O) groups is 1. The highest BCUT2D eigenvalue weighted by atomic mass is 79.9. The first-order valence-electron chi connectivity index (χ1n) is 8.73. The van der Waals surface area contributed by atoms with Crippen molar-refractivity contribution in [2.75, 3.05) is 17.1 Å². The zero-order valence-corrected chi connectivity index (χ0v) is 18.3. The van der Waals surface area contributed by atoms with E-state index in [-0.39, 0.29) is 10.6 Å². The first kappa shape index (κ1) is 21.5. The lowest BCUT2D eigenvalue weighted by atomic mass is 10.2. The number of halogens is 1. The molecule has 0 atom stereocenters. The summed E-state index contributed by atoms with van der Waals surface area (Å²) in [5.41, 5.74) is 1.53. The number of ether oxygens (including phenoxy) is 1. The van der Waals surface area contributed by atoms with Gasteiger partial charge in [-0.3, -0.25) is 14.5 Å². The van der Waals surface area contributed by atoms with E-state index >= 15 is 0 Å². The van der Waals surface area contributed by atoms with Gasteiger partial charge in [0, 0.05) is 34.3 Å². The number of sulfonamides is 1. The molecule has 0 aliphatic carbocycles. The van der Waals surface area contributed by atoms with E-state index in [1.54, 1.807) is 60.9 Å². The number of methoxy groups -OCH3 is 1. The molecule has 0 saturated carbocycles. The van der Waals surface area contributed by atoms with Crippen LogP contribution in [-0.4, -0.2) is 26.4 Å². The van der Waals surface area contributed by atoms with Gasteiger partial charge in [-0.1, -0.05) is 15.9 Å². The van der Waals surface area contributed by atoms with Crippen molar-refractivity contribution in [1.82, 2.24) is 4.98 Å². The summed E-state index contributed by atoms with van der Waals surface area (Å²) in [6, 6.07) is 14.6. The molecule has 1 amide bonds. The van der Waals surface area contributed by atoms with Gasteiger partial charge in [0.2, 0.25) is 5.91 Å². The standard InChI is InChI=1S/C21H18BrN3O4S/c1-29-19-8-7-18(24-21(26)9-2-15-10-12-23-13-11-15)14-20(19)30(27,28)25-17-5-3-16(22)4-6-17/h2-14,25H,1H3,(H,24,26)/b9-2+. The first-order chi connectivity index (χ1) is 14.4. The largest absolute Gasteiger partial charge is 0.495 e. The number of nitrogens with zero attached hydrogens (tertiary/aromatic N) is 1. The predicted molar refractivity (Wildman–Crippen MR) is 120 cm³/mol. The number of pyridine rings is 1. The van der Waals surface area contributed by atoms with Gasteiger partial charge < -0.3 is 10.1 Å². The van der Waals surface area contributed by atoms with E-state index in [2.05, 4.69) is 31.0 Å². The highest BCUT2D eigenvalue weighted by Crippen LogP contribution is 2.29. The number of aromatic nitrogens is 1. The Bertz CT molecular complexity index is 1160. The van der Waals surface area contributed by atoms with E-state index in [0.29, 0.717) is 11.4 Å². The Balaban J connectivity index is 1.81. The molecule has 30 heavy (non-hydrogen) atoms. The first-order valence-corrected chi connectivity index (χ1v) is 11.0. The molecule has 0 radical (unpaired) electrons. The Labute approximate surface area is 183 Å². The van der Waals surface area contributed by atoms with Crippen LogP contribution in [0.4, 0.5) is 11.4 Å². The van der Waals surface area contributed by atoms with Gasteiger partial charge in [0.05, 0.1) is 7.11 Å². The van der Waals surface area contributed by atoms with Crippen LogP contribution in [0.1, 0.15) is 5.56 Å². The summed E-state index contributed by atoms with van der Waals surface area (Å²) >= 11 is 3.31. The maximum absolute atomic E-state index is 12.9. The number of benzene rings is 2. The number of rotatable bonds is 7. The van der Waals surface area contributed by atoms with Crippen molar-refractivity contribution >= 4 is 49.3 Å². The molecule has 0 saturated heterocycles. The summed E-state index contributed by atoms with van der Waals surface area (Å²) in [5.74, 6) is -0.244. The summed E-state index contributed by atoms with van der Waals surface area (Å²) in [5, 5.41) is 2.65. The molecule has 154 valence electrons. The molecular weight excluding hydrogens is 470 g/mol. The van der Waals surface area contributed by atoms with Crippen molar-refractivity contribution in [3.8, 4) is 5.75 Å². The van der Waals surface area contributed by atoms with E-state index in [4.69, 9.17) is 4.74 Å². The number of nitrogens with one attached hydrogen (secondary N) is 2. The summed E-state index contributed by atoms with van der Waals surface area (Å²) in [7, 11) is -2.57. The van der Waals surface area contributed by atoms with Gasteiger partial charge in [-0.2, -0.15) is 0 Å². The Kier molecular flexibility index (Phi) is 6.86. The van der Waals surface area contributed by atoms with E-state index < -0.39 is 15.9 Å². The third kappa shape index (κ3) is 5.68. The quantitative estimate of drug-likeness (QED) is 0.484. The van der Waals surface area contributed by atoms with Gasteiger partial charge >= 0.3 is 0 Å². The second-order valence-corrected chi connectivity index (χ2v) is 8.65. The SMILES string of the molecule is COc1ccc(NC(=O)/C=C/c2ccncc2)cc1S(=O)(=O)Nc1ccc(Br)cc1. The van der Waals surface area contributed by atoms with Crippen LogP contribution in [0.15, 0.2) is 82.4 Å². The molecule has 0 spiro atoms. The normalized spacial score (nSPS) is 11.3. The van der Waals surface area contributed by atoms with Gasteiger partial charge in [-0.05, 0) is 66.2 Å². The molecule has 9 heteroatoms. The molecule has 2 N–H and O–H groups in total. The zero-order chi connectivity index (χ0) is 21.6. The molecule has 0 unspecified atom stereocenters. The highest BCUT2D eigenvalue weighted by Gasteiger charge is 2.21. The number of hydrogen-bond acceptors (Lipinski definition) is 5. The van der Waals surface area contributed by atoms with Gasteiger partial charge in [0.25, 0.3) is 10.0 Å². The Hall–Kier alpha value is -3.17. The second-order valence-electron chi connectivity index (χ2n) is 6.08. The molecule has 3 rings (SSSR count). The fourth-order valence-corrected chi connectivity index (χ4v) is 4.04. The molecule has 0 aliphatic rings. The van der Waals surface area contributed by atoms with Crippen LogP contribution in [0.5, 0.6) is 5.75 Å². The number of anilines is 2. The van der Waals surface area contributed by atoms with Crippen LogP contribution in [0.3, 0.4) is 0 Å². The lowest BCUT2D eigenvalue weighted by Gasteiger charge is -2.13. The van der Waals surface area contributed by atoms with Gasteiger partial charge in [0.1, 0.15) is 10.6 Å².